The molecule has 0 heteroatoms. The lowest BCUT2D eigenvalue weighted by Gasteiger charge is -2.19. The average molecular weight is 495 g/mol. The molecule has 0 radical (unpaired) electrons. The summed E-state index contributed by atoms with van der Waals surface area (Å²) >= 11 is 0. The van der Waals surface area contributed by atoms with E-state index in [0.29, 0.717) is 0 Å². The molecule has 0 fully saturated rings. The van der Waals surface area contributed by atoms with E-state index in [1.165, 1.54) is 81.7 Å². The van der Waals surface area contributed by atoms with Crippen LogP contribution in [0.1, 0.15) is 5.56 Å². The fraction of sp³-hybridized carbons (Fsp3) is 0.0256. The first-order chi connectivity index (χ1) is 19.3. The quantitative estimate of drug-likeness (QED) is 0.166. The van der Waals surface area contributed by atoms with Crippen molar-refractivity contribution in [3.63, 3.8) is 0 Å². The molecule has 0 bridgehead atoms. The maximum Gasteiger partial charge on any atom is -0.00201 e. The molecular formula is C39H26. The van der Waals surface area contributed by atoms with Crippen molar-refractivity contribution in [3.8, 4) is 22.3 Å². The second-order valence-electron chi connectivity index (χ2n) is 10.5. The normalized spacial score (nSPS) is 11.7. The summed E-state index contributed by atoms with van der Waals surface area (Å²) in [6, 6.07) is 51.4. The Balaban J connectivity index is 1.51. The van der Waals surface area contributed by atoms with Gasteiger partial charge in [-0.25, -0.2) is 0 Å². The molecule has 8 rings (SSSR count). The van der Waals surface area contributed by atoms with Gasteiger partial charge in [0.15, 0.2) is 0 Å². The molecule has 182 valence electrons. The zero-order valence-electron chi connectivity index (χ0n) is 21.8. The minimum Gasteiger partial charge on any atom is -0.0616 e. The van der Waals surface area contributed by atoms with Crippen molar-refractivity contribution in [3.05, 3.63) is 145 Å². The first-order valence-corrected chi connectivity index (χ1v) is 13.6. The van der Waals surface area contributed by atoms with Crippen LogP contribution in [0, 0.1) is 6.92 Å². The van der Waals surface area contributed by atoms with Gasteiger partial charge < -0.3 is 0 Å². The van der Waals surface area contributed by atoms with Gasteiger partial charge in [0.05, 0.1) is 0 Å². The second-order valence-corrected chi connectivity index (χ2v) is 10.5. The lowest BCUT2D eigenvalue weighted by Crippen LogP contribution is -1.92. The van der Waals surface area contributed by atoms with Crippen molar-refractivity contribution in [1.29, 1.82) is 0 Å². The van der Waals surface area contributed by atoms with Crippen molar-refractivity contribution in [2.45, 2.75) is 6.92 Å². The van der Waals surface area contributed by atoms with Gasteiger partial charge in [0.1, 0.15) is 0 Å². The number of benzene rings is 8. The molecule has 0 aromatic heterocycles. The van der Waals surface area contributed by atoms with E-state index < -0.39 is 0 Å². The molecule has 8 aromatic carbocycles. The van der Waals surface area contributed by atoms with Gasteiger partial charge in [-0.15, -0.1) is 0 Å². The number of rotatable bonds is 2. The highest BCUT2D eigenvalue weighted by molar-refractivity contribution is 6.25. The molecule has 0 N–H and O–H groups in total. The average Bonchev–Trinajstić information content (AvgIpc) is 2.99. The van der Waals surface area contributed by atoms with Crippen LogP contribution in [0.4, 0.5) is 0 Å². The smallest absolute Gasteiger partial charge is 0.00201 e. The highest BCUT2D eigenvalue weighted by Crippen LogP contribution is 2.46. The van der Waals surface area contributed by atoms with Crippen molar-refractivity contribution < 1.29 is 0 Å². The topological polar surface area (TPSA) is 0 Å². The molecule has 0 saturated carbocycles. The van der Waals surface area contributed by atoms with Gasteiger partial charge in [0.25, 0.3) is 0 Å². The summed E-state index contributed by atoms with van der Waals surface area (Å²) in [6.45, 7) is 2.20. The van der Waals surface area contributed by atoms with Crippen LogP contribution in [0.2, 0.25) is 0 Å². The molecule has 0 aliphatic carbocycles. The zero-order chi connectivity index (χ0) is 25.9. The summed E-state index contributed by atoms with van der Waals surface area (Å²) in [5.41, 5.74) is 6.47. The van der Waals surface area contributed by atoms with Crippen LogP contribution in [-0.2, 0) is 0 Å². The number of hydrogen-bond acceptors (Lipinski definition) is 0. The molecule has 0 unspecified atom stereocenters. The second kappa shape index (κ2) is 8.55. The third-order valence-electron chi connectivity index (χ3n) is 8.38. The van der Waals surface area contributed by atoms with Gasteiger partial charge in [0.2, 0.25) is 0 Å². The molecule has 0 atom stereocenters. The van der Waals surface area contributed by atoms with Gasteiger partial charge in [-0.05, 0) is 94.7 Å². The summed E-state index contributed by atoms with van der Waals surface area (Å²) in [5.74, 6) is 0. The Hall–Kier alpha value is -4.94. The lowest BCUT2D eigenvalue weighted by atomic mass is 9.84. The van der Waals surface area contributed by atoms with E-state index in [9.17, 15) is 0 Å². The Labute approximate surface area is 227 Å². The van der Waals surface area contributed by atoms with Gasteiger partial charge in [-0.3, -0.25) is 0 Å². The van der Waals surface area contributed by atoms with Crippen LogP contribution in [0.15, 0.2) is 140 Å². The van der Waals surface area contributed by atoms with E-state index >= 15 is 0 Å². The Morgan fingerprint density at radius 2 is 0.872 bits per heavy atom. The molecule has 0 heterocycles. The number of aryl methyl sites for hydroxylation is 1. The van der Waals surface area contributed by atoms with E-state index in [1.807, 2.05) is 0 Å². The Morgan fingerprint density at radius 1 is 0.333 bits per heavy atom. The van der Waals surface area contributed by atoms with Crippen molar-refractivity contribution in [2.75, 3.05) is 0 Å². The monoisotopic (exact) mass is 494 g/mol. The van der Waals surface area contributed by atoms with Crippen molar-refractivity contribution in [1.82, 2.24) is 0 Å². The van der Waals surface area contributed by atoms with E-state index in [2.05, 4.69) is 146 Å². The minimum absolute atomic E-state index is 1.26. The predicted octanol–water partition coefficient (Wildman–Crippen LogP) is 11.1. The number of hydrogen-bond donors (Lipinski definition) is 0. The minimum atomic E-state index is 1.26. The zero-order valence-corrected chi connectivity index (χ0v) is 21.8. The first-order valence-electron chi connectivity index (χ1n) is 13.6. The molecular weight excluding hydrogens is 468 g/mol. The molecule has 8 aromatic rings. The van der Waals surface area contributed by atoms with Gasteiger partial charge in [0, 0.05) is 0 Å². The van der Waals surface area contributed by atoms with Crippen molar-refractivity contribution >= 4 is 53.9 Å². The fourth-order valence-corrected chi connectivity index (χ4v) is 6.58. The Kier molecular flexibility index (Phi) is 4.84. The van der Waals surface area contributed by atoms with Crippen LogP contribution in [-0.4, -0.2) is 0 Å². The summed E-state index contributed by atoms with van der Waals surface area (Å²) in [4.78, 5) is 0. The van der Waals surface area contributed by atoms with Crippen LogP contribution < -0.4 is 0 Å². The third-order valence-corrected chi connectivity index (χ3v) is 8.38. The summed E-state index contributed by atoms with van der Waals surface area (Å²) in [5, 5.41) is 12.9. The SMILES string of the molecule is Cc1cccc2c1ccc1c(-c3c4ccccc4c(-c4ccc5ccccc5c4)c4ccccc34)cccc12. The maximum absolute atomic E-state index is 2.34. The van der Waals surface area contributed by atoms with E-state index in [4.69, 9.17) is 0 Å². The Morgan fingerprint density at radius 3 is 1.59 bits per heavy atom. The van der Waals surface area contributed by atoms with E-state index in [0.717, 1.165) is 0 Å². The van der Waals surface area contributed by atoms with Crippen LogP contribution in [0.3, 0.4) is 0 Å². The Bertz CT molecular complexity index is 2180. The van der Waals surface area contributed by atoms with Gasteiger partial charge >= 0.3 is 0 Å². The maximum atomic E-state index is 2.34. The molecule has 0 spiro atoms. The molecule has 0 aliphatic heterocycles. The van der Waals surface area contributed by atoms with E-state index in [-0.39, 0.29) is 0 Å². The lowest BCUT2D eigenvalue weighted by molar-refractivity contribution is 1.54. The molecule has 0 nitrogen and oxygen atoms in total. The standard InChI is InChI=1S/C39H26/c1-25-10-8-17-30-29(25)22-23-32-31(30)18-9-19-33(32)39-36-15-6-4-13-34(36)38(35-14-5-7-16-37(35)39)28-21-20-26-11-2-3-12-27(26)24-28/h2-24H,1H3. The molecule has 0 amide bonds. The molecule has 39 heavy (non-hydrogen) atoms. The largest absolute Gasteiger partial charge is 0.0616 e. The highest BCUT2D eigenvalue weighted by Gasteiger charge is 2.18. The van der Waals surface area contributed by atoms with Crippen LogP contribution in [0.25, 0.3) is 76.1 Å². The predicted molar refractivity (Wildman–Crippen MR) is 170 cm³/mol. The van der Waals surface area contributed by atoms with E-state index in [1.54, 1.807) is 0 Å². The van der Waals surface area contributed by atoms with Gasteiger partial charge in [-0.1, -0.05) is 133 Å². The third kappa shape index (κ3) is 3.32. The van der Waals surface area contributed by atoms with Crippen LogP contribution in [0.5, 0.6) is 0 Å². The first kappa shape index (κ1) is 22.1. The molecule has 0 saturated heterocycles. The summed E-state index contributed by atoms with van der Waals surface area (Å²) in [7, 11) is 0. The van der Waals surface area contributed by atoms with Crippen LogP contribution >= 0.6 is 0 Å². The van der Waals surface area contributed by atoms with Gasteiger partial charge in [-0.2, -0.15) is 0 Å². The summed E-state index contributed by atoms with van der Waals surface area (Å²) in [6.07, 6.45) is 0. The molecule has 0 aliphatic rings. The highest BCUT2D eigenvalue weighted by atomic mass is 14.2. The number of fused-ring (bicyclic) bond motifs is 6. The fourth-order valence-electron chi connectivity index (χ4n) is 6.58. The summed E-state index contributed by atoms with van der Waals surface area (Å²) < 4.78 is 0. The van der Waals surface area contributed by atoms with Crippen molar-refractivity contribution in [2.24, 2.45) is 0 Å².